The summed E-state index contributed by atoms with van der Waals surface area (Å²) in [5, 5.41) is 0. The molecule has 1 aliphatic heterocycles. The maximum Gasteiger partial charge on any atom is 0.224 e. The monoisotopic (exact) mass is 379 g/mol. The predicted molar refractivity (Wildman–Crippen MR) is 85.6 cm³/mol. The maximum absolute atomic E-state index is 12.0. The Hall–Kier alpha value is 0.160. The smallest absolute Gasteiger partial charge is 0.224 e. The molecule has 19 heavy (non-hydrogen) atoms. The molecule has 0 radical (unpaired) electrons. The van der Waals surface area contributed by atoms with Gasteiger partial charge in [0.05, 0.1) is 13.0 Å². The van der Waals surface area contributed by atoms with Crippen LogP contribution in [0.1, 0.15) is 46.0 Å². The van der Waals surface area contributed by atoms with E-state index < -0.39 is 0 Å². The van der Waals surface area contributed by atoms with Crippen molar-refractivity contribution in [2.45, 2.75) is 49.4 Å². The number of hydrogen-bond donors (Lipinski definition) is 0. The molecule has 1 spiro atoms. The second-order valence-corrected chi connectivity index (χ2v) is 8.81. The quantitative estimate of drug-likeness (QED) is 0.555. The summed E-state index contributed by atoms with van der Waals surface area (Å²) in [6, 6.07) is 0. The van der Waals surface area contributed by atoms with E-state index in [1.807, 2.05) is 4.90 Å². The van der Waals surface area contributed by atoms with Crippen LogP contribution in [0.15, 0.2) is 0 Å². The average molecular weight is 379 g/mol. The van der Waals surface area contributed by atoms with E-state index in [1.54, 1.807) is 7.11 Å². The molecule has 1 amide bonds. The minimum absolute atomic E-state index is 0.264. The van der Waals surface area contributed by atoms with Crippen LogP contribution in [-0.2, 0) is 9.53 Å². The molecule has 110 valence electrons. The predicted octanol–water partition coefficient (Wildman–Crippen LogP) is 3.26. The van der Waals surface area contributed by atoms with Crippen LogP contribution in [0.5, 0.6) is 0 Å². The van der Waals surface area contributed by atoms with Crippen molar-refractivity contribution in [2.75, 3.05) is 26.8 Å². The van der Waals surface area contributed by atoms with E-state index in [-0.39, 0.29) is 5.91 Å². The molecule has 2 rings (SSSR count). The number of halogens is 1. The molecule has 0 unspecified atom stereocenters. The van der Waals surface area contributed by atoms with Crippen molar-refractivity contribution in [3.8, 4) is 0 Å². The van der Waals surface area contributed by atoms with E-state index in [0.29, 0.717) is 21.9 Å². The van der Waals surface area contributed by atoms with Crippen LogP contribution in [-0.4, -0.2) is 41.0 Å². The third-order valence-corrected chi connectivity index (χ3v) is 7.08. The summed E-state index contributed by atoms with van der Waals surface area (Å²) < 4.78 is 5.50. The lowest BCUT2D eigenvalue weighted by atomic mass is 9.55. The van der Waals surface area contributed by atoms with Gasteiger partial charge in [-0.15, -0.1) is 0 Å². The fraction of sp³-hybridized carbons (Fsp3) is 0.933. The Morgan fingerprint density at radius 3 is 2.37 bits per heavy atom. The van der Waals surface area contributed by atoms with Gasteiger partial charge in [0, 0.05) is 23.6 Å². The van der Waals surface area contributed by atoms with E-state index in [4.69, 9.17) is 4.74 Å². The Labute approximate surface area is 130 Å². The zero-order chi connectivity index (χ0) is 14.1. The average Bonchev–Trinajstić information content (AvgIpc) is 2.35. The fourth-order valence-electron chi connectivity index (χ4n) is 3.53. The first-order valence-corrected chi connectivity index (χ1v) is 8.44. The van der Waals surface area contributed by atoms with Crippen molar-refractivity contribution in [2.24, 2.45) is 11.3 Å². The van der Waals surface area contributed by atoms with Gasteiger partial charge < -0.3 is 9.64 Å². The summed E-state index contributed by atoms with van der Waals surface area (Å²) in [4.78, 5) is 14.0. The number of piperidine rings is 1. The maximum atomic E-state index is 12.0. The molecule has 4 heteroatoms. The van der Waals surface area contributed by atoms with Crippen LogP contribution in [0.4, 0.5) is 0 Å². The van der Waals surface area contributed by atoms with Gasteiger partial charge in [0.1, 0.15) is 0 Å². The lowest BCUT2D eigenvalue weighted by molar-refractivity contribution is -0.136. The number of carbonyl (C=O) groups is 1. The van der Waals surface area contributed by atoms with Gasteiger partial charge in [-0.2, -0.15) is 0 Å². The molecule has 1 saturated heterocycles. The Balaban J connectivity index is 1.79. The molecule has 1 aliphatic carbocycles. The standard InChI is InChI=1S/C15H26INO2/c1-12(2)15(16)10-14(11-15)5-7-17(8-6-14)13(18)4-9-19-3/h12H,4-11H2,1-3H3. The van der Waals surface area contributed by atoms with Gasteiger partial charge in [-0.3, -0.25) is 4.79 Å². The largest absolute Gasteiger partial charge is 0.384 e. The number of alkyl halides is 1. The number of carbonyl (C=O) groups excluding carboxylic acids is 1. The van der Waals surface area contributed by atoms with Crippen molar-refractivity contribution in [3.05, 3.63) is 0 Å². The molecule has 1 heterocycles. The highest BCUT2D eigenvalue weighted by Gasteiger charge is 2.55. The highest BCUT2D eigenvalue weighted by Crippen LogP contribution is 2.61. The second-order valence-electron chi connectivity index (χ2n) is 6.67. The highest BCUT2D eigenvalue weighted by molar-refractivity contribution is 14.1. The lowest BCUT2D eigenvalue weighted by Crippen LogP contribution is -2.56. The minimum Gasteiger partial charge on any atom is -0.384 e. The summed E-state index contributed by atoms with van der Waals surface area (Å²) in [5.74, 6) is 1.03. The number of rotatable bonds is 4. The van der Waals surface area contributed by atoms with E-state index in [1.165, 1.54) is 25.7 Å². The molecule has 2 aliphatic rings. The highest BCUT2D eigenvalue weighted by atomic mass is 127. The van der Waals surface area contributed by atoms with Crippen molar-refractivity contribution in [1.82, 2.24) is 4.90 Å². The summed E-state index contributed by atoms with van der Waals surface area (Å²) in [5.41, 5.74) is 0.545. The number of amides is 1. The van der Waals surface area contributed by atoms with Crippen LogP contribution in [0.2, 0.25) is 0 Å². The molecule has 1 saturated carbocycles. The van der Waals surface area contributed by atoms with E-state index >= 15 is 0 Å². The van der Waals surface area contributed by atoms with Gasteiger partial charge >= 0.3 is 0 Å². The summed E-state index contributed by atoms with van der Waals surface area (Å²) in [6.45, 7) is 7.12. The Morgan fingerprint density at radius 1 is 1.32 bits per heavy atom. The Bertz CT molecular complexity index is 327. The third kappa shape index (κ3) is 3.26. The molecule has 2 fully saturated rings. The molecule has 0 aromatic heterocycles. The van der Waals surface area contributed by atoms with Gasteiger partial charge in [0.2, 0.25) is 5.91 Å². The van der Waals surface area contributed by atoms with E-state index in [0.717, 1.165) is 19.0 Å². The van der Waals surface area contributed by atoms with Gasteiger partial charge in [0.15, 0.2) is 0 Å². The number of hydrogen-bond acceptors (Lipinski definition) is 2. The first-order chi connectivity index (χ1) is 8.91. The zero-order valence-corrected chi connectivity index (χ0v) is 14.5. The van der Waals surface area contributed by atoms with Crippen LogP contribution in [0, 0.1) is 11.3 Å². The van der Waals surface area contributed by atoms with Gasteiger partial charge in [-0.05, 0) is 37.0 Å². The number of methoxy groups -OCH3 is 1. The molecule has 0 aromatic rings. The molecule has 3 nitrogen and oxygen atoms in total. The van der Waals surface area contributed by atoms with Crippen LogP contribution >= 0.6 is 22.6 Å². The number of likely N-dealkylation sites (tertiary alicyclic amines) is 1. The van der Waals surface area contributed by atoms with Gasteiger partial charge in [0.25, 0.3) is 0 Å². The zero-order valence-electron chi connectivity index (χ0n) is 12.4. The fourth-order valence-corrected chi connectivity index (χ4v) is 5.15. The van der Waals surface area contributed by atoms with Crippen molar-refractivity contribution in [1.29, 1.82) is 0 Å². The second kappa shape index (κ2) is 5.88. The normalized spacial score (nSPS) is 24.6. The number of ether oxygens (including phenoxy) is 1. The van der Waals surface area contributed by atoms with Crippen LogP contribution in [0.25, 0.3) is 0 Å². The first-order valence-electron chi connectivity index (χ1n) is 7.36. The molecule has 0 N–H and O–H groups in total. The minimum atomic E-state index is 0.264. The van der Waals surface area contributed by atoms with Gasteiger partial charge in [-0.1, -0.05) is 36.4 Å². The van der Waals surface area contributed by atoms with Crippen molar-refractivity contribution >= 4 is 28.5 Å². The molecular formula is C15H26INO2. The lowest BCUT2D eigenvalue weighted by Gasteiger charge is -2.58. The van der Waals surface area contributed by atoms with Crippen LogP contribution < -0.4 is 0 Å². The topological polar surface area (TPSA) is 29.5 Å². The van der Waals surface area contributed by atoms with Crippen LogP contribution in [0.3, 0.4) is 0 Å². The molecule has 0 atom stereocenters. The van der Waals surface area contributed by atoms with Gasteiger partial charge in [-0.25, -0.2) is 0 Å². The summed E-state index contributed by atoms with van der Waals surface area (Å²) >= 11 is 2.67. The summed E-state index contributed by atoms with van der Waals surface area (Å²) in [6.07, 6.45) is 5.62. The van der Waals surface area contributed by atoms with Crippen molar-refractivity contribution in [3.63, 3.8) is 0 Å². The third-order valence-electron chi connectivity index (χ3n) is 5.07. The Morgan fingerprint density at radius 2 is 1.89 bits per heavy atom. The SMILES string of the molecule is COCCC(=O)N1CCC2(CC1)CC(I)(C(C)C)C2. The van der Waals surface area contributed by atoms with Crippen molar-refractivity contribution < 1.29 is 9.53 Å². The van der Waals surface area contributed by atoms with E-state index in [9.17, 15) is 4.79 Å². The summed E-state index contributed by atoms with van der Waals surface area (Å²) in [7, 11) is 1.65. The first kappa shape index (κ1) is 15.5. The van der Waals surface area contributed by atoms with E-state index in [2.05, 4.69) is 36.4 Å². The Kier molecular flexibility index (Phi) is 4.81. The molecule has 0 bridgehead atoms. The number of nitrogens with zero attached hydrogens (tertiary/aromatic N) is 1. The molecular weight excluding hydrogens is 353 g/mol. The molecule has 0 aromatic carbocycles.